The van der Waals surface area contributed by atoms with Crippen LogP contribution in [0.4, 0.5) is 0 Å². The van der Waals surface area contributed by atoms with Crippen LogP contribution < -0.4 is 5.32 Å². The number of hydrogen-bond donors (Lipinski definition) is 1. The van der Waals surface area contributed by atoms with Crippen molar-refractivity contribution in [2.45, 2.75) is 13.1 Å². The lowest BCUT2D eigenvalue weighted by Crippen LogP contribution is -2.03. The fourth-order valence-corrected chi connectivity index (χ4v) is 1.86. The van der Waals surface area contributed by atoms with Gasteiger partial charge in [-0.25, -0.2) is 4.68 Å². The number of aromatic nitrogens is 3. The van der Waals surface area contributed by atoms with Gasteiger partial charge in [0, 0.05) is 13.1 Å². The van der Waals surface area contributed by atoms with Gasteiger partial charge in [0.2, 0.25) is 0 Å². The second kappa shape index (κ2) is 2.92. The summed E-state index contributed by atoms with van der Waals surface area (Å²) in [5, 5.41) is 11.1. The standard InChI is InChI=1S/C10H10N4/c1-2-8-6-11-7-9(8)10(3-1)14-5-4-12-13-14/h1-5,11H,6-7H2. The minimum Gasteiger partial charge on any atom is -0.309 e. The highest BCUT2D eigenvalue weighted by Gasteiger charge is 2.14. The summed E-state index contributed by atoms with van der Waals surface area (Å²) in [5.74, 6) is 0. The van der Waals surface area contributed by atoms with Gasteiger partial charge in [-0.1, -0.05) is 17.3 Å². The summed E-state index contributed by atoms with van der Waals surface area (Å²) in [5.41, 5.74) is 3.82. The molecule has 0 aliphatic carbocycles. The molecule has 14 heavy (non-hydrogen) atoms. The second-order valence-corrected chi connectivity index (χ2v) is 3.37. The smallest absolute Gasteiger partial charge is 0.0711 e. The van der Waals surface area contributed by atoms with Crippen molar-refractivity contribution in [2.75, 3.05) is 0 Å². The largest absolute Gasteiger partial charge is 0.309 e. The zero-order chi connectivity index (χ0) is 9.38. The van der Waals surface area contributed by atoms with Crippen LogP contribution in [0.1, 0.15) is 11.1 Å². The maximum absolute atomic E-state index is 4.00. The first-order valence-electron chi connectivity index (χ1n) is 4.63. The highest BCUT2D eigenvalue weighted by molar-refractivity contribution is 5.47. The van der Waals surface area contributed by atoms with Crippen molar-refractivity contribution in [3.05, 3.63) is 41.7 Å². The van der Waals surface area contributed by atoms with Crippen molar-refractivity contribution in [3.63, 3.8) is 0 Å². The van der Waals surface area contributed by atoms with Gasteiger partial charge in [-0.3, -0.25) is 0 Å². The van der Waals surface area contributed by atoms with E-state index in [-0.39, 0.29) is 0 Å². The summed E-state index contributed by atoms with van der Waals surface area (Å²) >= 11 is 0. The van der Waals surface area contributed by atoms with Crippen molar-refractivity contribution < 1.29 is 0 Å². The summed E-state index contributed by atoms with van der Waals surface area (Å²) in [6, 6.07) is 6.28. The molecule has 0 atom stereocenters. The van der Waals surface area contributed by atoms with Crippen molar-refractivity contribution in [3.8, 4) is 5.69 Å². The first-order chi connectivity index (χ1) is 6.95. The molecule has 1 aromatic heterocycles. The highest BCUT2D eigenvalue weighted by Crippen LogP contribution is 2.21. The molecule has 0 spiro atoms. The number of nitrogens with one attached hydrogen (secondary N) is 1. The van der Waals surface area contributed by atoms with Crippen LogP contribution >= 0.6 is 0 Å². The van der Waals surface area contributed by atoms with Crippen LogP contribution in [0.25, 0.3) is 5.69 Å². The first kappa shape index (κ1) is 7.70. The zero-order valence-electron chi connectivity index (χ0n) is 7.64. The Balaban J connectivity index is 2.20. The quantitative estimate of drug-likeness (QED) is 0.718. The number of benzene rings is 1. The van der Waals surface area contributed by atoms with E-state index in [1.165, 1.54) is 11.1 Å². The average Bonchev–Trinajstić information content (AvgIpc) is 2.88. The van der Waals surface area contributed by atoms with Gasteiger partial charge in [-0.2, -0.15) is 0 Å². The van der Waals surface area contributed by atoms with Gasteiger partial charge < -0.3 is 5.32 Å². The van der Waals surface area contributed by atoms with Crippen molar-refractivity contribution in [1.82, 2.24) is 20.3 Å². The third-order valence-electron chi connectivity index (χ3n) is 2.53. The number of rotatable bonds is 1. The minimum atomic E-state index is 0.922. The molecular weight excluding hydrogens is 176 g/mol. The Labute approximate surface area is 81.6 Å². The average molecular weight is 186 g/mol. The molecule has 0 unspecified atom stereocenters. The van der Waals surface area contributed by atoms with Gasteiger partial charge in [0.05, 0.1) is 18.1 Å². The third-order valence-corrected chi connectivity index (χ3v) is 2.53. The van der Waals surface area contributed by atoms with E-state index in [0.717, 1.165) is 18.8 Å². The molecule has 2 aromatic rings. The first-order valence-corrected chi connectivity index (χ1v) is 4.63. The van der Waals surface area contributed by atoms with Crippen LogP contribution in [-0.4, -0.2) is 15.0 Å². The summed E-state index contributed by atoms with van der Waals surface area (Å²) in [4.78, 5) is 0. The van der Waals surface area contributed by atoms with Crippen LogP contribution in [0.3, 0.4) is 0 Å². The molecule has 1 N–H and O–H groups in total. The Morgan fingerprint density at radius 3 is 3.14 bits per heavy atom. The van der Waals surface area contributed by atoms with Crippen LogP contribution in [0, 0.1) is 0 Å². The fraction of sp³-hybridized carbons (Fsp3) is 0.200. The molecule has 0 saturated heterocycles. The fourth-order valence-electron chi connectivity index (χ4n) is 1.86. The van der Waals surface area contributed by atoms with E-state index < -0.39 is 0 Å². The molecule has 0 fully saturated rings. The molecule has 0 amide bonds. The molecule has 70 valence electrons. The maximum atomic E-state index is 4.00. The number of nitrogens with zero attached hydrogens (tertiary/aromatic N) is 3. The molecular formula is C10H10N4. The van der Waals surface area contributed by atoms with Gasteiger partial charge in [0.1, 0.15) is 0 Å². The maximum Gasteiger partial charge on any atom is 0.0711 e. The van der Waals surface area contributed by atoms with Crippen LogP contribution in [-0.2, 0) is 13.1 Å². The van der Waals surface area contributed by atoms with E-state index in [4.69, 9.17) is 0 Å². The number of hydrogen-bond acceptors (Lipinski definition) is 3. The third kappa shape index (κ3) is 1.04. The molecule has 0 saturated carbocycles. The van der Waals surface area contributed by atoms with Gasteiger partial charge in [-0.05, 0) is 17.2 Å². The van der Waals surface area contributed by atoms with Gasteiger partial charge >= 0.3 is 0 Å². The second-order valence-electron chi connectivity index (χ2n) is 3.37. The Morgan fingerprint density at radius 1 is 1.29 bits per heavy atom. The summed E-state index contributed by atoms with van der Waals surface area (Å²) in [6.45, 7) is 1.88. The Kier molecular flexibility index (Phi) is 1.61. The normalized spacial score (nSPS) is 14.3. The minimum absolute atomic E-state index is 0.922. The molecule has 3 rings (SSSR count). The van der Waals surface area contributed by atoms with Crippen molar-refractivity contribution >= 4 is 0 Å². The zero-order valence-corrected chi connectivity index (χ0v) is 7.64. The van der Waals surface area contributed by atoms with Gasteiger partial charge in [-0.15, -0.1) is 5.10 Å². The van der Waals surface area contributed by atoms with Crippen LogP contribution in [0.15, 0.2) is 30.6 Å². The molecule has 0 radical (unpaired) electrons. The highest BCUT2D eigenvalue weighted by atomic mass is 15.4. The Bertz CT molecular complexity index is 447. The summed E-state index contributed by atoms with van der Waals surface area (Å²) < 4.78 is 1.81. The van der Waals surface area contributed by atoms with Gasteiger partial charge in [0.15, 0.2) is 0 Å². The monoisotopic (exact) mass is 186 g/mol. The van der Waals surface area contributed by atoms with E-state index in [9.17, 15) is 0 Å². The van der Waals surface area contributed by atoms with E-state index in [1.54, 1.807) is 6.20 Å². The van der Waals surface area contributed by atoms with Crippen LogP contribution in [0.5, 0.6) is 0 Å². The van der Waals surface area contributed by atoms with Crippen molar-refractivity contribution in [2.24, 2.45) is 0 Å². The Morgan fingerprint density at radius 2 is 2.29 bits per heavy atom. The lowest BCUT2D eigenvalue weighted by molar-refractivity contribution is 0.752. The van der Waals surface area contributed by atoms with Gasteiger partial charge in [0.25, 0.3) is 0 Å². The SMILES string of the molecule is c1cc2c(c(-n3ccnn3)c1)CNC2. The molecule has 1 aliphatic heterocycles. The van der Waals surface area contributed by atoms with E-state index in [1.807, 2.05) is 10.9 Å². The lowest BCUT2D eigenvalue weighted by atomic mass is 10.1. The van der Waals surface area contributed by atoms with E-state index in [2.05, 4.69) is 33.8 Å². The van der Waals surface area contributed by atoms with Crippen LogP contribution in [0.2, 0.25) is 0 Å². The van der Waals surface area contributed by atoms with Crippen molar-refractivity contribution in [1.29, 1.82) is 0 Å². The summed E-state index contributed by atoms with van der Waals surface area (Å²) in [6.07, 6.45) is 3.57. The molecule has 1 aromatic carbocycles. The molecule has 4 heteroatoms. The molecule has 1 aliphatic rings. The predicted molar refractivity (Wildman–Crippen MR) is 51.9 cm³/mol. The molecule has 2 heterocycles. The summed E-state index contributed by atoms with van der Waals surface area (Å²) in [7, 11) is 0. The molecule has 0 bridgehead atoms. The molecule has 4 nitrogen and oxygen atoms in total. The Hall–Kier alpha value is -1.68. The van der Waals surface area contributed by atoms with E-state index >= 15 is 0 Å². The topological polar surface area (TPSA) is 42.7 Å². The predicted octanol–water partition coefficient (Wildman–Crippen LogP) is 0.871. The lowest BCUT2D eigenvalue weighted by Gasteiger charge is -2.05. The number of fused-ring (bicyclic) bond motifs is 1. The van der Waals surface area contributed by atoms with E-state index in [0.29, 0.717) is 0 Å².